The largest absolute Gasteiger partial charge is 0.352 e. The lowest BCUT2D eigenvalue weighted by atomic mass is 10.1. The first kappa shape index (κ1) is 23.2. The molecule has 8 heteroatoms. The zero-order valence-corrected chi connectivity index (χ0v) is 20.6. The molecule has 1 aliphatic heterocycles. The van der Waals surface area contributed by atoms with Crippen molar-refractivity contribution < 1.29 is 9.18 Å². The van der Waals surface area contributed by atoms with Gasteiger partial charge in [0.2, 0.25) is 0 Å². The number of hydrogen-bond acceptors (Lipinski definition) is 4. The van der Waals surface area contributed by atoms with E-state index in [1.165, 1.54) is 24.3 Å². The summed E-state index contributed by atoms with van der Waals surface area (Å²) in [7, 11) is 0. The van der Waals surface area contributed by atoms with Crippen LogP contribution in [0.5, 0.6) is 0 Å². The zero-order chi connectivity index (χ0) is 25.4. The minimum atomic E-state index is -0.354. The van der Waals surface area contributed by atoms with Crippen LogP contribution in [0.1, 0.15) is 10.4 Å². The van der Waals surface area contributed by atoms with Gasteiger partial charge in [0.15, 0.2) is 5.65 Å². The van der Waals surface area contributed by atoms with E-state index in [4.69, 9.17) is 16.6 Å². The van der Waals surface area contributed by atoms with E-state index in [-0.39, 0.29) is 11.7 Å². The Labute approximate surface area is 218 Å². The quantitative estimate of drug-likeness (QED) is 0.304. The molecule has 0 saturated carbocycles. The molecule has 1 amide bonds. The molecule has 3 aromatic carbocycles. The summed E-state index contributed by atoms with van der Waals surface area (Å²) in [6.45, 7) is 2.32. The highest BCUT2D eigenvalue weighted by molar-refractivity contribution is 6.30. The standard InChI is InChI=1S/C29H23ClFN5O/c30-22-7-4-8-24(17-22)36-18-25(20-5-2-1-3-6-20)26-27(32-19-33-28(26)36)34-13-15-35(16-14-34)29(37)21-9-11-23(31)12-10-21/h1-12,17-19H,13-16H2. The van der Waals surface area contributed by atoms with E-state index in [0.717, 1.165) is 33.7 Å². The van der Waals surface area contributed by atoms with Crippen LogP contribution in [-0.4, -0.2) is 51.5 Å². The summed E-state index contributed by atoms with van der Waals surface area (Å²) in [5.74, 6) is 0.385. The summed E-state index contributed by atoms with van der Waals surface area (Å²) in [4.78, 5) is 26.3. The number of fused-ring (bicyclic) bond motifs is 1. The van der Waals surface area contributed by atoms with E-state index in [2.05, 4.69) is 28.2 Å². The van der Waals surface area contributed by atoms with Gasteiger partial charge in [0, 0.05) is 54.2 Å². The third-order valence-electron chi connectivity index (χ3n) is 6.69. The van der Waals surface area contributed by atoms with E-state index >= 15 is 0 Å². The van der Waals surface area contributed by atoms with Crippen LogP contribution in [0, 0.1) is 5.82 Å². The Morgan fingerprint density at radius 2 is 1.62 bits per heavy atom. The molecule has 5 aromatic rings. The SMILES string of the molecule is O=C(c1ccc(F)cc1)N1CCN(c2ncnc3c2c(-c2ccccc2)cn3-c2cccc(Cl)c2)CC1. The maximum Gasteiger partial charge on any atom is 0.253 e. The number of carbonyl (C=O) groups excluding carboxylic acids is 1. The number of carbonyl (C=O) groups is 1. The Kier molecular flexibility index (Phi) is 6.06. The lowest BCUT2D eigenvalue weighted by molar-refractivity contribution is 0.0746. The van der Waals surface area contributed by atoms with Gasteiger partial charge >= 0.3 is 0 Å². The summed E-state index contributed by atoms with van der Waals surface area (Å²) in [6, 6.07) is 23.6. The predicted molar refractivity (Wildman–Crippen MR) is 144 cm³/mol. The monoisotopic (exact) mass is 511 g/mol. The number of benzene rings is 3. The molecular weight excluding hydrogens is 489 g/mol. The second-order valence-electron chi connectivity index (χ2n) is 8.94. The van der Waals surface area contributed by atoms with E-state index in [1.54, 1.807) is 11.2 Å². The van der Waals surface area contributed by atoms with Crippen LogP contribution < -0.4 is 4.90 Å². The van der Waals surface area contributed by atoms with Gasteiger partial charge in [-0.1, -0.05) is 48.0 Å². The molecule has 1 aliphatic rings. The molecule has 2 aromatic heterocycles. The highest BCUT2D eigenvalue weighted by Crippen LogP contribution is 2.37. The molecule has 0 N–H and O–H groups in total. The topological polar surface area (TPSA) is 54.3 Å². The van der Waals surface area contributed by atoms with E-state index in [9.17, 15) is 9.18 Å². The molecule has 3 heterocycles. The van der Waals surface area contributed by atoms with Crippen molar-refractivity contribution in [3.63, 3.8) is 0 Å². The van der Waals surface area contributed by atoms with Crippen molar-refractivity contribution in [2.75, 3.05) is 31.1 Å². The van der Waals surface area contributed by atoms with Crippen LogP contribution in [0.4, 0.5) is 10.2 Å². The average Bonchev–Trinajstić information content (AvgIpc) is 3.34. The molecule has 37 heavy (non-hydrogen) atoms. The fourth-order valence-electron chi connectivity index (χ4n) is 4.84. The Morgan fingerprint density at radius 3 is 2.35 bits per heavy atom. The van der Waals surface area contributed by atoms with Crippen LogP contribution in [0.3, 0.4) is 0 Å². The van der Waals surface area contributed by atoms with Crippen LogP contribution in [0.2, 0.25) is 5.02 Å². The first-order valence-corrected chi connectivity index (χ1v) is 12.4. The molecule has 6 rings (SSSR count). The fraction of sp³-hybridized carbons (Fsp3) is 0.138. The number of halogens is 2. The number of nitrogens with zero attached hydrogens (tertiary/aromatic N) is 5. The second-order valence-corrected chi connectivity index (χ2v) is 9.38. The van der Waals surface area contributed by atoms with Crippen molar-refractivity contribution in [1.82, 2.24) is 19.4 Å². The summed E-state index contributed by atoms with van der Waals surface area (Å²) >= 11 is 6.31. The number of piperazine rings is 1. The minimum Gasteiger partial charge on any atom is -0.352 e. The van der Waals surface area contributed by atoms with Gasteiger partial charge in [0.25, 0.3) is 5.91 Å². The predicted octanol–water partition coefficient (Wildman–Crippen LogP) is 5.84. The molecular formula is C29H23ClFN5O. The van der Waals surface area contributed by atoms with Crippen molar-refractivity contribution in [2.45, 2.75) is 0 Å². The molecule has 1 fully saturated rings. The summed E-state index contributed by atoms with van der Waals surface area (Å²) in [6.07, 6.45) is 3.67. The van der Waals surface area contributed by atoms with Crippen LogP contribution in [0.15, 0.2) is 91.4 Å². The molecule has 1 saturated heterocycles. The summed E-state index contributed by atoms with van der Waals surface area (Å²) in [5, 5.41) is 1.60. The molecule has 0 aliphatic carbocycles. The number of aromatic nitrogens is 3. The normalized spacial score (nSPS) is 13.8. The van der Waals surface area contributed by atoms with E-state index in [0.29, 0.717) is 36.8 Å². The Bertz CT molecular complexity index is 1580. The fourth-order valence-corrected chi connectivity index (χ4v) is 5.03. The third-order valence-corrected chi connectivity index (χ3v) is 6.93. The summed E-state index contributed by atoms with van der Waals surface area (Å²) < 4.78 is 15.3. The second kappa shape index (κ2) is 9.67. The van der Waals surface area contributed by atoms with Crippen LogP contribution >= 0.6 is 11.6 Å². The van der Waals surface area contributed by atoms with Crippen molar-refractivity contribution >= 4 is 34.4 Å². The van der Waals surface area contributed by atoms with Crippen molar-refractivity contribution in [3.8, 4) is 16.8 Å². The zero-order valence-electron chi connectivity index (χ0n) is 19.9. The van der Waals surface area contributed by atoms with Crippen molar-refractivity contribution in [3.05, 3.63) is 108 Å². The minimum absolute atomic E-state index is 0.0930. The van der Waals surface area contributed by atoms with Gasteiger partial charge in [0.1, 0.15) is 18.0 Å². The highest BCUT2D eigenvalue weighted by Gasteiger charge is 2.26. The maximum absolute atomic E-state index is 13.3. The molecule has 0 bridgehead atoms. The molecule has 0 radical (unpaired) electrons. The number of anilines is 1. The van der Waals surface area contributed by atoms with Crippen LogP contribution in [0.25, 0.3) is 27.8 Å². The van der Waals surface area contributed by atoms with Crippen molar-refractivity contribution in [2.24, 2.45) is 0 Å². The average molecular weight is 512 g/mol. The Hall–Kier alpha value is -4.23. The Morgan fingerprint density at radius 1 is 0.865 bits per heavy atom. The van der Waals surface area contributed by atoms with Gasteiger partial charge in [-0.05, 0) is 48.0 Å². The molecule has 0 spiro atoms. The molecule has 184 valence electrons. The third kappa shape index (κ3) is 4.42. The first-order valence-electron chi connectivity index (χ1n) is 12.1. The molecule has 0 atom stereocenters. The van der Waals surface area contributed by atoms with Gasteiger partial charge in [-0.25, -0.2) is 14.4 Å². The van der Waals surface area contributed by atoms with E-state index in [1.807, 2.05) is 47.0 Å². The van der Waals surface area contributed by atoms with Crippen molar-refractivity contribution in [1.29, 1.82) is 0 Å². The number of hydrogen-bond donors (Lipinski definition) is 0. The van der Waals surface area contributed by atoms with Gasteiger partial charge in [-0.3, -0.25) is 4.79 Å². The lowest BCUT2D eigenvalue weighted by Crippen LogP contribution is -2.49. The Balaban J connectivity index is 1.37. The number of amides is 1. The van der Waals surface area contributed by atoms with Gasteiger partial charge in [-0.15, -0.1) is 0 Å². The lowest BCUT2D eigenvalue weighted by Gasteiger charge is -2.35. The highest BCUT2D eigenvalue weighted by atomic mass is 35.5. The summed E-state index contributed by atoms with van der Waals surface area (Å²) in [5.41, 5.74) is 4.28. The smallest absolute Gasteiger partial charge is 0.253 e. The molecule has 6 nitrogen and oxygen atoms in total. The van der Waals surface area contributed by atoms with Gasteiger partial charge < -0.3 is 14.4 Å². The number of rotatable bonds is 4. The first-order chi connectivity index (χ1) is 18.1. The van der Waals surface area contributed by atoms with Gasteiger partial charge in [0.05, 0.1) is 5.39 Å². The maximum atomic E-state index is 13.3. The van der Waals surface area contributed by atoms with Gasteiger partial charge in [-0.2, -0.15) is 0 Å². The van der Waals surface area contributed by atoms with Crippen LogP contribution in [-0.2, 0) is 0 Å². The van der Waals surface area contributed by atoms with E-state index < -0.39 is 0 Å². The molecule has 0 unspecified atom stereocenters.